The van der Waals surface area contributed by atoms with Crippen LogP contribution in [0.2, 0.25) is 0 Å². The topological polar surface area (TPSA) is 71.8 Å². The van der Waals surface area contributed by atoms with Gasteiger partial charge in [-0.05, 0) is 30.0 Å². The lowest BCUT2D eigenvalue weighted by Crippen LogP contribution is -2.23. The molecule has 0 bridgehead atoms. The Labute approximate surface area is 124 Å². The average molecular weight is 297 g/mol. The highest BCUT2D eigenvalue weighted by Gasteiger charge is 2.11. The number of nitriles is 1. The van der Waals surface area contributed by atoms with Crippen LogP contribution in [0.25, 0.3) is 10.6 Å². The Kier molecular flexibility index (Phi) is 3.42. The number of aromatic nitrogens is 2. The largest absolute Gasteiger partial charge is 0.438 e. The summed E-state index contributed by atoms with van der Waals surface area (Å²) in [5, 5.41) is 11.0. The molecular weight excluding hydrogens is 286 g/mol. The number of oxazole rings is 1. The molecule has 3 heterocycles. The monoisotopic (exact) mass is 297 g/mol. The molecule has 0 aliphatic rings. The van der Waals surface area contributed by atoms with E-state index in [0.717, 1.165) is 4.88 Å². The van der Waals surface area contributed by atoms with Gasteiger partial charge in [-0.15, -0.1) is 11.3 Å². The normalized spacial score (nSPS) is 10.5. The van der Waals surface area contributed by atoms with E-state index < -0.39 is 0 Å². The number of rotatable bonds is 3. The molecule has 0 aliphatic heterocycles. The summed E-state index contributed by atoms with van der Waals surface area (Å²) in [6, 6.07) is 7.56. The molecule has 0 amide bonds. The third-order valence-electron chi connectivity index (χ3n) is 3.11. The Morgan fingerprint density at radius 1 is 1.48 bits per heavy atom. The van der Waals surface area contributed by atoms with E-state index in [2.05, 4.69) is 4.98 Å². The molecular formula is C15H11N3O2S. The van der Waals surface area contributed by atoms with Crippen molar-refractivity contribution < 1.29 is 4.42 Å². The van der Waals surface area contributed by atoms with Crippen LogP contribution in [0.5, 0.6) is 0 Å². The van der Waals surface area contributed by atoms with Gasteiger partial charge in [-0.2, -0.15) is 5.26 Å². The average Bonchev–Trinajstić information content (AvgIpc) is 3.13. The number of pyridine rings is 1. The van der Waals surface area contributed by atoms with Gasteiger partial charge < -0.3 is 8.98 Å². The Morgan fingerprint density at radius 2 is 2.33 bits per heavy atom. The number of hydrogen-bond donors (Lipinski definition) is 0. The van der Waals surface area contributed by atoms with Gasteiger partial charge in [0.1, 0.15) is 18.2 Å². The third kappa shape index (κ3) is 2.51. The van der Waals surface area contributed by atoms with Crippen molar-refractivity contribution in [2.75, 3.05) is 0 Å². The highest BCUT2D eigenvalue weighted by molar-refractivity contribution is 7.13. The van der Waals surface area contributed by atoms with Gasteiger partial charge in [0.2, 0.25) is 5.89 Å². The van der Waals surface area contributed by atoms with Crippen molar-refractivity contribution in [3.05, 3.63) is 63.3 Å². The van der Waals surface area contributed by atoms with E-state index in [9.17, 15) is 4.79 Å². The molecule has 0 saturated carbocycles. The van der Waals surface area contributed by atoms with Gasteiger partial charge in [-0.25, -0.2) is 4.98 Å². The van der Waals surface area contributed by atoms with Crippen LogP contribution in [-0.2, 0) is 6.54 Å². The van der Waals surface area contributed by atoms with E-state index in [1.165, 1.54) is 4.57 Å². The van der Waals surface area contributed by atoms with E-state index in [1.807, 2.05) is 23.6 Å². The molecule has 0 spiro atoms. The van der Waals surface area contributed by atoms with Crippen LogP contribution in [0, 0.1) is 18.3 Å². The Balaban J connectivity index is 1.92. The molecule has 3 rings (SSSR count). The minimum atomic E-state index is -0.326. The first kappa shape index (κ1) is 13.3. The molecule has 0 fully saturated rings. The molecule has 5 nitrogen and oxygen atoms in total. The van der Waals surface area contributed by atoms with Crippen molar-refractivity contribution in [2.45, 2.75) is 13.5 Å². The van der Waals surface area contributed by atoms with Gasteiger partial charge in [-0.3, -0.25) is 4.79 Å². The summed E-state index contributed by atoms with van der Waals surface area (Å²) in [5.41, 5.74) is 0.501. The van der Waals surface area contributed by atoms with Crippen molar-refractivity contribution in [2.24, 2.45) is 0 Å². The zero-order valence-corrected chi connectivity index (χ0v) is 12.1. The minimum absolute atomic E-state index is 0.155. The van der Waals surface area contributed by atoms with Gasteiger partial charge in [0.25, 0.3) is 5.56 Å². The van der Waals surface area contributed by atoms with Gasteiger partial charge >= 0.3 is 0 Å². The Hall–Kier alpha value is -2.65. The molecule has 0 atom stereocenters. The van der Waals surface area contributed by atoms with E-state index >= 15 is 0 Å². The smallest absolute Gasteiger partial charge is 0.269 e. The maximum Gasteiger partial charge on any atom is 0.269 e. The number of nitrogens with zero attached hydrogens (tertiary/aromatic N) is 3. The zero-order valence-electron chi connectivity index (χ0n) is 11.2. The lowest BCUT2D eigenvalue weighted by molar-refractivity contribution is 0.485. The van der Waals surface area contributed by atoms with Gasteiger partial charge in [0.15, 0.2) is 5.76 Å². The molecule has 21 heavy (non-hydrogen) atoms. The number of aryl methyl sites for hydroxylation is 1. The van der Waals surface area contributed by atoms with Gasteiger partial charge in [-0.1, -0.05) is 6.07 Å². The van der Waals surface area contributed by atoms with Gasteiger partial charge in [0, 0.05) is 6.20 Å². The fraction of sp³-hybridized carbons (Fsp3) is 0.133. The predicted molar refractivity (Wildman–Crippen MR) is 79.1 cm³/mol. The highest BCUT2D eigenvalue weighted by atomic mass is 32.1. The molecule has 6 heteroatoms. The maximum atomic E-state index is 12.1. The van der Waals surface area contributed by atoms with Gasteiger partial charge in [0.05, 0.1) is 11.1 Å². The van der Waals surface area contributed by atoms with Crippen LogP contribution >= 0.6 is 11.3 Å². The lowest BCUT2D eigenvalue weighted by atomic mass is 10.2. The first-order valence-electron chi connectivity index (χ1n) is 6.28. The van der Waals surface area contributed by atoms with Crippen molar-refractivity contribution >= 4 is 11.3 Å². The summed E-state index contributed by atoms with van der Waals surface area (Å²) in [4.78, 5) is 17.3. The second kappa shape index (κ2) is 5.38. The van der Waals surface area contributed by atoms with Crippen LogP contribution in [0.4, 0.5) is 0 Å². The summed E-state index contributed by atoms with van der Waals surface area (Å²) in [7, 11) is 0. The molecule has 0 aromatic carbocycles. The van der Waals surface area contributed by atoms with Crippen LogP contribution in [0.15, 0.2) is 45.2 Å². The fourth-order valence-corrected chi connectivity index (χ4v) is 2.66. The van der Waals surface area contributed by atoms with E-state index in [1.54, 1.807) is 36.7 Å². The Morgan fingerprint density at radius 3 is 3.05 bits per heavy atom. The zero-order chi connectivity index (χ0) is 14.8. The molecule has 0 saturated heterocycles. The molecule has 0 N–H and O–H groups in total. The molecule has 0 aliphatic carbocycles. The maximum absolute atomic E-state index is 12.1. The van der Waals surface area contributed by atoms with E-state index in [0.29, 0.717) is 17.2 Å². The van der Waals surface area contributed by atoms with E-state index in [-0.39, 0.29) is 17.7 Å². The standard InChI is InChI=1S/C15H11N3O2S/c1-10-4-5-18(15(19)11(10)7-16)9-14-17-8-12(20-14)13-3-2-6-21-13/h2-6,8H,9H2,1H3. The first-order chi connectivity index (χ1) is 10.2. The summed E-state index contributed by atoms with van der Waals surface area (Å²) in [6.45, 7) is 1.95. The quantitative estimate of drug-likeness (QED) is 0.745. The Bertz CT molecular complexity index is 869. The molecule has 3 aromatic rings. The summed E-state index contributed by atoms with van der Waals surface area (Å²) < 4.78 is 7.07. The number of thiophene rings is 1. The fourth-order valence-electron chi connectivity index (χ4n) is 1.99. The van der Waals surface area contributed by atoms with Crippen LogP contribution in [-0.4, -0.2) is 9.55 Å². The van der Waals surface area contributed by atoms with E-state index in [4.69, 9.17) is 9.68 Å². The first-order valence-corrected chi connectivity index (χ1v) is 7.15. The summed E-state index contributed by atoms with van der Waals surface area (Å²) in [6.07, 6.45) is 3.29. The number of hydrogen-bond acceptors (Lipinski definition) is 5. The third-order valence-corrected chi connectivity index (χ3v) is 3.99. The lowest BCUT2D eigenvalue weighted by Gasteiger charge is -2.04. The SMILES string of the molecule is Cc1ccn(Cc2ncc(-c3cccs3)o2)c(=O)c1C#N. The predicted octanol–water partition coefficient (Wildman–Crippen LogP) is 2.79. The van der Waals surface area contributed by atoms with Crippen molar-refractivity contribution in [1.82, 2.24) is 9.55 Å². The second-order valence-electron chi connectivity index (χ2n) is 4.51. The van der Waals surface area contributed by atoms with Crippen molar-refractivity contribution in [3.8, 4) is 16.7 Å². The van der Waals surface area contributed by atoms with Crippen LogP contribution in [0.3, 0.4) is 0 Å². The molecule has 0 radical (unpaired) electrons. The van der Waals surface area contributed by atoms with Crippen molar-refractivity contribution in [3.63, 3.8) is 0 Å². The second-order valence-corrected chi connectivity index (χ2v) is 5.46. The molecule has 104 valence electrons. The van der Waals surface area contributed by atoms with Crippen molar-refractivity contribution in [1.29, 1.82) is 5.26 Å². The summed E-state index contributed by atoms with van der Waals surface area (Å²) in [5.74, 6) is 1.12. The highest BCUT2D eigenvalue weighted by Crippen LogP contribution is 2.25. The van der Waals surface area contributed by atoms with Crippen LogP contribution < -0.4 is 5.56 Å². The molecule has 3 aromatic heterocycles. The van der Waals surface area contributed by atoms with Crippen LogP contribution in [0.1, 0.15) is 17.0 Å². The molecule has 0 unspecified atom stereocenters. The minimum Gasteiger partial charge on any atom is -0.438 e. The summed E-state index contributed by atoms with van der Waals surface area (Å²) >= 11 is 1.56.